The number of allylic oxidation sites excluding steroid dienone is 1. The summed E-state index contributed by atoms with van der Waals surface area (Å²) in [6.45, 7) is 10.3. The van der Waals surface area contributed by atoms with Gasteiger partial charge in [0.15, 0.2) is 22.5 Å². The van der Waals surface area contributed by atoms with Crippen molar-refractivity contribution in [3.63, 3.8) is 0 Å². The first-order valence-corrected chi connectivity index (χ1v) is 7.78. The van der Waals surface area contributed by atoms with Crippen LogP contribution in [0.25, 0.3) is 0 Å². The van der Waals surface area contributed by atoms with E-state index < -0.39 is 5.82 Å². The number of benzene rings is 1. The maximum Gasteiger partial charge on any atom is 0.191 e. The summed E-state index contributed by atoms with van der Waals surface area (Å²) in [4.78, 5) is 0. The molecule has 0 aliphatic heterocycles. The van der Waals surface area contributed by atoms with Crippen LogP contribution in [0.15, 0.2) is 54.2 Å². The zero-order chi connectivity index (χ0) is 15.9. The first-order chi connectivity index (χ1) is 10.6. The molecule has 0 radical (unpaired) electrons. The van der Waals surface area contributed by atoms with Crippen molar-refractivity contribution in [1.29, 1.82) is 0 Å². The van der Waals surface area contributed by atoms with Gasteiger partial charge in [0.05, 0.1) is 0 Å². The summed E-state index contributed by atoms with van der Waals surface area (Å²) in [5.74, 6) is 1.21. The van der Waals surface area contributed by atoms with Gasteiger partial charge in [-0.15, -0.1) is 16.8 Å². The van der Waals surface area contributed by atoms with Gasteiger partial charge in [0, 0.05) is 12.3 Å². The van der Waals surface area contributed by atoms with Crippen LogP contribution in [0, 0.1) is 5.82 Å². The molecular weight excluding hydrogens is 301 g/mol. The number of hydrogen-bond acceptors (Lipinski definition) is 4. The number of halogens is 1. The van der Waals surface area contributed by atoms with Gasteiger partial charge in [-0.2, -0.15) is 0 Å². The molecule has 0 spiro atoms. The zero-order valence-electron chi connectivity index (χ0n) is 12.5. The van der Waals surface area contributed by atoms with E-state index in [2.05, 4.69) is 23.4 Å². The molecule has 0 atom stereocenters. The van der Waals surface area contributed by atoms with Crippen molar-refractivity contribution in [2.24, 2.45) is 0 Å². The highest BCUT2D eigenvalue weighted by atomic mass is 32.2. The number of thioether (sulfide) groups is 1. The minimum Gasteiger partial charge on any atom is -0.483 e. The van der Waals surface area contributed by atoms with E-state index in [9.17, 15) is 4.39 Å². The Kier molecular flexibility index (Phi) is 5.77. The average Bonchev–Trinajstić information content (AvgIpc) is 2.87. The Labute approximate surface area is 133 Å². The highest BCUT2D eigenvalue weighted by Crippen LogP contribution is 2.21. The Balaban J connectivity index is 2.11. The SMILES string of the molecule is C=CCn1c(COc2ccccc2F)nnc1SCC(=C)C. The maximum atomic E-state index is 13.6. The van der Waals surface area contributed by atoms with Crippen molar-refractivity contribution >= 4 is 11.8 Å². The molecule has 0 aliphatic rings. The van der Waals surface area contributed by atoms with Crippen molar-refractivity contribution in [3.05, 3.63) is 60.7 Å². The molecule has 2 rings (SSSR count). The van der Waals surface area contributed by atoms with Crippen molar-refractivity contribution in [2.45, 2.75) is 25.2 Å². The van der Waals surface area contributed by atoms with Gasteiger partial charge in [-0.05, 0) is 19.1 Å². The molecule has 0 aliphatic carbocycles. The predicted molar refractivity (Wildman–Crippen MR) is 86.5 cm³/mol. The monoisotopic (exact) mass is 319 g/mol. The van der Waals surface area contributed by atoms with Crippen LogP contribution in [0.1, 0.15) is 12.7 Å². The smallest absolute Gasteiger partial charge is 0.191 e. The molecule has 0 saturated heterocycles. The fourth-order valence-electron chi connectivity index (χ4n) is 1.74. The third kappa shape index (κ3) is 4.21. The van der Waals surface area contributed by atoms with Gasteiger partial charge in [0.2, 0.25) is 0 Å². The van der Waals surface area contributed by atoms with Crippen LogP contribution in [0.4, 0.5) is 4.39 Å². The largest absolute Gasteiger partial charge is 0.483 e. The van der Waals surface area contributed by atoms with Crippen molar-refractivity contribution in [2.75, 3.05) is 5.75 Å². The van der Waals surface area contributed by atoms with Crippen molar-refractivity contribution < 1.29 is 9.13 Å². The number of aromatic nitrogens is 3. The third-order valence-corrected chi connectivity index (χ3v) is 3.94. The topological polar surface area (TPSA) is 39.9 Å². The summed E-state index contributed by atoms with van der Waals surface area (Å²) in [6.07, 6.45) is 1.76. The molecule has 1 aromatic heterocycles. The number of hydrogen-bond donors (Lipinski definition) is 0. The molecule has 0 saturated carbocycles. The van der Waals surface area contributed by atoms with E-state index in [1.165, 1.54) is 6.07 Å². The fraction of sp³-hybridized carbons (Fsp3) is 0.250. The molecule has 116 valence electrons. The third-order valence-electron chi connectivity index (χ3n) is 2.75. The van der Waals surface area contributed by atoms with Gasteiger partial charge >= 0.3 is 0 Å². The molecule has 4 nitrogen and oxygen atoms in total. The molecule has 22 heavy (non-hydrogen) atoms. The Morgan fingerprint density at radius 1 is 1.41 bits per heavy atom. The fourth-order valence-corrected chi connectivity index (χ4v) is 2.55. The highest BCUT2D eigenvalue weighted by molar-refractivity contribution is 7.99. The Bertz CT molecular complexity index is 669. The Morgan fingerprint density at radius 2 is 2.18 bits per heavy atom. The van der Waals surface area contributed by atoms with E-state index in [1.54, 1.807) is 36.0 Å². The zero-order valence-corrected chi connectivity index (χ0v) is 13.3. The van der Waals surface area contributed by atoms with Crippen LogP contribution in [0.5, 0.6) is 5.75 Å². The second-order valence-electron chi connectivity index (χ2n) is 4.76. The molecule has 6 heteroatoms. The van der Waals surface area contributed by atoms with Gasteiger partial charge in [-0.3, -0.25) is 4.57 Å². The lowest BCUT2D eigenvalue weighted by molar-refractivity contribution is 0.275. The van der Waals surface area contributed by atoms with Crippen molar-refractivity contribution in [1.82, 2.24) is 14.8 Å². The van der Waals surface area contributed by atoms with E-state index in [1.807, 2.05) is 11.5 Å². The molecule has 0 N–H and O–H groups in total. The summed E-state index contributed by atoms with van der Waals surface area (Å²) in [5, 5.41) is 9.05. The molecule has 2 aromatic rings. The minimum atomic E-state index is -0.394. The summed E-state index contributed by atoms with van der Waals surface area (Å²) in [6, 6.07) is 6.29. The number of para-hydroxylation sites is 1. The number of nitrogens with zero attached hydrogens (tertiary/aromatic N) is 3. The molecule has 1 aromatic carbocycles. The van der Waals surface area contributed by atoms with Gasteiger partial charge in [-0.25, -0.2) is 4.39 Å². The van der Waals surface area contributed by atoms with Crippen LogP contribution in [0.3, 0.4) is 0 Å². The van der Waals surface area contributed by atoms with Gasteiger partial charge in [0.1, 0.15) is 6.61 Å². The van der Waals surface area contributed by atoms with E-state index >= 15 is 0 Å². The molecule has 1 heterocycles. The van der Waals surface area contributed by atoms with E-state index in [-0.39, 0.29) is 12.4 Å². The number of ether oxygens (including phenoxy) is 1. The quantitative estimate of drug-likeness (QED) is 0.547. The van der Waals surface area contributed by atoms with Gasteiger partial charge in [0.25, 0.3) is 0 Å². The summed E-state index contributed by atoms with van der Waals surface area (Å²) in [7, 11) is 0. The van der Waals surface area contributed by atoms with E-state index in [0.29, 0.717) is 12.4 Å². The van der Waals surface area contributed by atoms with E-state index in [0.717, 1.165) is 16.5 Å². The van der Waals surface area contributed by atoms with E-state index in [4.69, 9.17) is 4.74 Å². The minimum absolute atomic E-state index is 0.148. The molecular formula is C16H18FN3OS. The predicted octanol–water partition coefficient (Wildman–Crippen LogP) is 3.85. The van der Waals surface area contributed by atoms with Gasteiger partial charge < -0.3 is 4.74 Å². The maximum absolute atomic E-state index is 13.6. The summed E-state index contributed by atoms with van der Waals surface area (Å²) < 4.78 is 21.0. The van der Waals surface area contributed by atoms with Crippen LogP contribution >= 0.6 is 11.8 Å². The highest BCUT2D eigenvalue weighted by Gasteiger charge is 2.13. The van der Waals surface area contributed by atoms with Gasteiger partial charge in [-0.1, -0.05) is 42.1 Å². The summed E-state index contributed by atoms with van der Waals surface area (Å²) in [5.41, 5.74) is 1.06. The lowest BCUT2D eigenvalue weighted by Gasteiger charge is -2.09. The molecule has 0 unspecified atom stereocenters. The lowest BCUT2D eigenvalue weighted by Crippen LogP contribution is -2.08. The second kappa shape index (κ2) is 7.79. The van der Waals surface area contributed by atoms with Crippen LogP contribution in [-0.2, 0) is 13.2 Å². The average molecular weight is 319 g/mol. The van der Waals surface area contributed by atoms with Crippen LogP contribution in [-0.4, -0.2) is 20.5 Å². The Hall–Kier alpha value is -2.08. The van der Waals surface area contributed by atoms with Crippen molar-refractivity contribution in [3.8, 4) is 5.75 Å². The Morgan fingerprint density at radius 3 is 2.86 bits per heavy atom. The second-order valence-corrected chi connectivity index (χ2v) is 5.71. The van der Waals surface area contributed by atoms with Crippen LogP contribution in [0.2, 0.25) is 0 Å². The number of rotatable bonds is 8. The first kappa shape index (κ1) is 16.3. The molecule has 0 fully saturated rings. The summed E-state index contributed by atoms with van der Waals surface area (Å²) >= 11 is 1.55. The standard InChI is InChI=1S/C16H18FN3OS/c1-4-9-20-15(18-19-16(20)22-11-12(2)3)10-21-14-8-6-5-7-13(14)17/h4-8H,1-2,9-11H2,3H3. The lowest BCUT2D eigenvalue weighted by atomic mass is 10.3. The first-order valence-electron chi connectivity index (χ1n) is 6.79. The molecule has 0 bridgehead atoms. The molecule has 0 amide bonds. The van der Waals surface area contributed by atoms with Crippen LogP contribution < -0.4 is 4.74 Å². The normalized spacial score (nSPS) is 10.5.